The smallest absolute Gasteiger partial charge is 0.222 e. The number of fused-ring (bicyclic) bond motifs is 3. The number of hydrogen-bond acceptors (Lipinski definition) is 6. The van der Waals surface area contributed by atoms with Gasteiger partial charge in [-0.25, -0.2) is 9.97 Å². The third-order valence-corrected chi connectivity index (χ3v) is 9.72. The molecule has 0 unspecified atom stereocenters. The zero-order valence-electron chi connectivity index (χ0n) is 31.8. The van der Waals surface area contributed by atoms with Gasteiger partial charge < -0.3 is 20.4 Å². The molecule has 2 N–H and O–H groups in total. The minimum atomic E-state index is 0.311. The number of unbranched alkanes of at least 4 members (excludes halogenated alkanes) is 16. The highest BCUT2D eigenvalue weighted by Crippen LogP contribution is 2.28. The quantitative estimate of drug-likeness (QED) is 0.0736. The van der Waals surface area contributed by atoms with Gasteiger partial charge in [0.2, 0.25) is 5.91 Å². The van der Waals surface area contributed by atoms with Crippen molar-refractivity contribution in [1.82, 2.24) is 24.5 Å². The lowest BCUT2D eigenvalue weighted by Crippen LogP contribution is -2.34. The largest absolute Gasteiger partial charge is 0.412 e. The van der Waals surface area contributed by atoms with Crippen molar-refractivity contribution in [2.45, 2.75) is 155 Å². The SMILES string of the molecule is CCCCCCCCCCCCCCCCCC(=O)N(CCCCOn1c(CCCC)nc2c(N)nc3ccccc3c21)CCCN(C)C. The molecule has 1 amide bonds. The first kappa shape index (κ1) is 40.6. The van der Waals surface area contributed by atoms with Crippen molar-refractivity contribution in [3.8, 4) is 0 Å². The highest BCUT2D eigenvalue weighted by Gasteiger charge is 2.19. The number of imidazole rings is 1. The molecule has 1 aromatic carbocycles. The van der Waals surface area contributed by atoms with Gasteiger partial charge in [-0.1, -0.05) is 128 Å². The predicted octanol–water partition coefficient (Wildman–Crippen LogP) is 9.76. The van der Waals surface area contributed by atoms with Gasteiger partial charge in [0, 0.05) is 31.3 Å². The summed E-state index contributed by atoms with van der Waals surface area (Å²) in [5.41, 5.74) is 8.81. The second-order valence-electron chi connectivity index (χ2n) is 14.4. The molecule has 0 spiro atoms. The van der Waals surface area contributed by atoms with E-state index < -0.39 is 0 Å². The van der Waals surface area contributed by atoms with Crippen molar-refractivity contribution in [3.05, 3.63) is 30.1 Å². The van der Waals surface area contributed by atoms with Crippen molar-refractivity contribution in [1.29, 1.82) is 0 Å². The lowest BCUT2D eigenvalue weighted by atomic mass is 10.0. The van der Waals surface area contributed by atoms with Crippen LogP contribution in [-0.4, -0.2) is 70.7 Å². The number of nitrogen functional groups attached to an aromatic ring is 1. The fourth-order valence-electron chi connectivity index (χ4n) is 6.76. The molecular weight excluding hydrogens is 608 g/mol. The fourth-order valence-corrected chi connectivity index (χ4v) is 6.76. The number of rotatable bonds is 29. The number of aryl methyl sites for hydroxylation is 1. The maximum absolute atomic E-state index is 13.3. The number of anilines is 1. The third kappa shape index (κ3) is 14.9. The van der Waals surface area contributed by atoms with Gasteiger partial charge in [0.15, 0.2) is 5.82 Å². The number of aromatic nitrogens is 3. The van der Waals surface area contributed by atoms with E-state index in [1.165, 1.54) is 83.5 Å². The van der Waals surface area contributed by atoms with Gasteiger partial charge in [0.1, 0.15) is 23.5 Å². The Kier molecular flexibility index (Phi) is 20.1. The predicted molar refractivity (Wildman–Crippen MR) is 208 cm³/mol. The summed E-state index contributed by atoms with van der Waals surface area (Å²) in [6.07, 6.45) is 26.5. The Bertz CT molecular complexity index is 1320. The van der Waals surface area contributed by atoms with Crippen LogP contribution in [0, 0.1) is 0 Å². The Hall–Kier alpha value is -2.87. The van der Waals surface area contributed by atoms with Gasteiger partial charge in [-0.2, -0.15) is 4.73 Å². The van der Waals surface area contributed by atoms with Gasteiger partial charge in [-0.05, 0) is 58.8 Å². The van der Waals surface area contributed by atoms with Gasteiger partial charge >= 0.3 is 0 Å². The van der Waals surface area contributed by atoms with Crippen molar-refractivity contribution in [2.24, 2.45) is 0 Å². The molecule has 0 aliphatic carbocycles. The summed E-state index contributed by atoms with van der Waals surface area (Å²) in [6.45, 7) is 7.62. The number of amides is 1. The van der Waals surface area contributed by atoms with Crippen LogP contribution in [0.1, 0.15) is 155 Å². The van der Waals surface area contributed by atoms with E-state index in [4.69, 9.17) is 15.6 Å². The molecule has 2 aromatic heterocycles. The van der Waals surface area contributed by atoms with E-state index in [0.717, 1.165) is 93.2 Å². The molecule has 0 aliphatic heterocycles. The number of carbonyl (C=O) groups is 1. The Balaban J connectivity index is 1.39. The summed E-state index contributed by atoms with van der Waals surface area (Å²) in [5, 5.41) is 0.999. The molecule has 3 aromatic rings. The van der Waals surface area contributed by atoms with Crippen molar-refractivity contribution in [2.75, 3.05) is 46.1 Å². The van der Waals surface area contributed by atoms with Crippen LogP contribution in [0.15, 0.2) is 24.3 Å². The number of benzene rings is 1. The average Bonchev–Trinajstić information content (AvgIpc) is 3.46. The molecule has 0 atom stereocenters. The number of para-hydroxylation sites is 1. The molecule has 3 rings (SSSR count). The second-order valence-corrected chi connectivity index (χ2v) is 14.4. The number of nitrogens with zero attached hydrogens (tertiary/aromatic N) is 5. The van der Waals surface area contributed by atoms with Crippen LogP contribution in [0.2, 0.25) is 0 Å². The van der Waals surface area contributed by atoms with Crippen molar-refractivity contribution >= 4 is 33.7 Å². The van der Waals surface area contributed by atoms with E-state index in [-0.39, 0.29) is 0 Å². The molecule has 8 nitrogen and oxygen atoms in total. The average molecular weight is 679 g/mol. The molecule has 0 fully saturated rings. The van der Waals surface area contributed by atoms with E-state index in [1.54, 1.807) is 0 Å². The van der Waals surface area contributed by atoms with E-state index in [1.807, 2.05) is 22.9 Å². The molecular formula is C41H70N6O2. The number of hydrogen-bond donors (Lipinski definition) is 1. The lowest BCUT2D eigenvalue weighted by Gasteiger charge is -2.24. The molecule has 0 aliphatic rings. The first-order valence-electron chi connectivity index (χ1n) is 20.1. The van der Waals surface area contributed by atoms with Crippen LogP contribution in [0.25, 0.3) is 21.9 Å². The zero-order valence-corrected chi connectivity index (χ0v) is 31.8. The molecule has 49 heavy (non-hydrogen) atoms. The normalized spacial score (nSPS) is 11.7. The maximum atomic E-state index is 13.3. The summed E-state index contributed by atoms with van der Waals surface area (Å²) in [4.78, 5) is 33.5. The molecule has 276 valence electrons. The number of carbonyl (C=O) groups excluding carboxylic acids is 1. The Morgan fingerprint density at radius 1 is 0.714 bits per heavy atom. The van der Waals surface area contributed by atoms with Crippen LogP contribution >= 0.6 is 0 Å². The van der Waals surface area contributed by atoms with Crippen LogP contribution in [-0.2, 0) is 11.2 Å². The maximum Gasteiger partial charge on any atom is 0.222 e. The van der Waals surface area contributed by atoms with Gasteiger partial charge in [0.25, 0.3) is 0 Å². The molecule has 0 radical (unpaired) electrons. The van der Waals surface area contributed by atoms with Gasteiger partial charge in [0.05, 0.1) is 5.52 Å². The molecule has 2 heterocycles. The van der Waals surface area contributed by atoms with Crippen LogP contribution in [0.5, 0.6) is 0 Å². The van der Waals surface area contributed by atoms with Crippen LogP contribution in [0.4, 0.5) is 5.82 Å². The lowest BCUT2D eigenvalue weighted by molar-refractivity contribution is -0.131. The summed E-state index contributed by atoms with van der Waals surface area (Å²) >= 11 is 0. The standard InChI is InChI=1S/C41H70N6O2/c1-5-7-9-10-11-12-13-14-15-16-17-18-19-20-21-30-38(48)46(33-26-31-45(3)4)32-24-25-34-49-47-37(29-8-6-2)44-39-40(47)35-27-22-23-28-36(35)43-41(39)42/h22-23,27-28H,5-21,24-26,29-34H2,1-4H3,(H2,42,43). The number of nitrogens with two attached hydrogens (primary N) is 1. The monoisotopic (exact) mass is 679 g/mol. The summed E-state index contributed by atoms with van der Waals surface area (Å²) in [6, 6.07) is 8.04. The minimum absolute atomic E-state index is 0.311. The zero-order chi connectivity index (χ0) is 35.1. The topological polar surface area (TPSA) is 89.5 Å². The Morgan fingerprint density at radius 2 is 1.31 bits per heavy atom. The Morgan fingerprint density at radius 3 is 1.94 bits per heavy atom. The van der Waals surface area contributed by atoms with E-state index in [9.17, 15) is 4.79 Å². The minimum Gasteiger partial charge on any atom is -0.412 e. The van der Waals surface area contributed by atoms with Crippen LogP contribution < -0.4 is 10.6 Å². The number of pyridine rings is 1. The van der Waals surface area contributed by atoms with E-state index >= 15 is 0 Å². The third-order valence-electron chi connectivity index (χ3n) is 9.72. The van der Waals surface area contributed by atoms with E-state index in [2.05, 4.69) is 48.8 Å². The highest BCUT2D eigenvalue weighted by molar-refractivity contribution is 6.06. The van der Waals surface area contributed by atoms with Gasteiger partial charge in [-0.15, -0.1) is 0 Å². The first-order chi connectivity index (χ1) is 24.0. The van der Waals surface area contributed by atoms with E-state index in [0.29, 0.717) is 30.3 Å². The molecule has 0 saturated heterocycles. The molecule has 0 bridgehead atoms. The highest BCUT2D eigenvalue weighted by atomic mass is 16.7. The van der Waals surface area contributed by atoms with Crippen molar-refractivity contribution in [3.63, 3.8) is 0 Å². The first-order valence-corrected chi connectivity index (χ1v) is 20.1. The van der Waals surface area contributed by atoms with Crippen molar-refractivity contribution < 1.29 is 9.63 Å². The summed E-state index contributed by atoms with van der Waals surface area (Å²) in [7, 11) is 4.20. The summed E-state index contributed by atoms with van der Waals surface area (Å²) in [5.74, 6) is 1.65. The molecule has 0 saturated carbocycles. The van der Waals surface area contributed by atoms with Crippen LogP contribution in [0.3, 0.4) is 0 Å². The summed E-state index contributed by atoms with van der Waals surface area (Å²) < 4.78 is 1.90. The Labute approximate surface area is 298 Å². The second kappa shape index (κ2) is 24.3. The molecule has 8 heteroatoms. The van der Waals surface area contributed by atoms with Gasteiger partial charge in [-0.3, -0.25) is 4.79 Å². The fraction of sp³-hybridized carbons (Fsp3) is 0.732.